The first-order chi connectivity index (χ1) is 15.6. The van der Waals surface area contributed by atoms with Crippen molar-refractivity contribution in [2.45, 2.75) is 6.42 Å². The summed E-state index contributed by atoms with van der Waals surface area (Å²) >= 11 is 1.41. The van der Waals surface area contributed by atoms with Gasteiger partial charge in [-0.15, -0.1) is 11.3 Å². The maximum absolute atomic E-state index is 12.3. The van der Waals surface area contributed by atoms with E-state index in [0.717, 1.165) is 16.0 Å². The van der Waals surface area contributed by atoms with E-state index in [1.54, 1.807) is 31.7 Å². The Bertz CT molecular complexity index is 1290. The van der Waals surface area contributed by atoms with Crippen molar-refractivity contribution >= 4 is 34.1 Å². The number of carbonyl (C=O) groups excluding carboxylic acids is 2. The zero-order valence-corrected chi connectivity index (χ0v) is 18.2. The van der Waals surface area contributed by atoms with Crippen molar-refractivity contribution < 1.29 is 19.1 Å². The lowest BCUT2D eigenvalue weighted by Crippen LogP contribution is -2.42. The van der Waals surface area contributed by atoms with E-state index >= 15 is 0 Å². The van der Waals surface area contributed by atoms with Gasteiger partial charge in [0.25, 0.3) is 5.91 Å². The zero-order chi connectivity index (χ0) is 22.5. The van der Waals surface area contributed by atoms with E-state index in [-0.39, 0.29) is 18.0 Å². The summed E-state index contributed by atoms with van der Waals surface area (Å²) in [5.41, 5.74) is 7.17. The molecule has 9 heteroatoms. The molecule has 0 fully saturated rings. The fourth-order valence-electron chi connectivity index (χ4n) is 3.08. The smallest absolute Gasteiger partial charge is 0.288 e. The predicted molar refractivity (Wildman–Crippen MR) is 122 cm³/mol. The Morgan fingerprint density at radius 3 is 2.56 bits per heavy atom. The molecule has 0 atom stereocenters. The van der Waals surface area contributed by atoms with Gasteiger partial charge in [-0.1, -0.05) is 24.3 Å². The number of hydrazine groups is 1. The van der Waals surface area contributed by atoms with Crippen molar-refractivity contribution in [3.8, 4) is 22.1 Å². The molecule has 2 aromatic carbocycles. The molecule has 4 aromatic rings. The SMILES string of the molecule is COc1ccc(-c2nc(CC(=O)NNC(=O)c3ccc4ccccc4n3)cs2)cc1OC. The number of hydrogen-bond acceptors (Lipinski definition) is 7. The van der Waals surface area contributed by atoms with Crippen molar-refractivity contribution in [3.63, 3.8) is 0 Å². The van der Waals surface area contributed by atoms with Crippen molar-refractivity contribution in [2.75, 3.05) is 14.2 Å². The number of aromatic nitrogens is 2. The maximum atomic E-state index is 12.3. The quantitative estimate of drug-likeness (QED) is 0.439. The van der Waals surface area contributed by atoms with Crippen LogP contribution >= 0.6 is 11.3 Å². The fourth-order valence-corrected chi connectivity index (χ4v) is 3.90. The molecule has 4 rings (SSSR count). The Balaban J connectivity index is 1.36. The molecule has 2 amide bonds. The molecule has 162 valence electrons. The molecular formula is C23H20N4O4S. The summed E-state index contributed by atoms with van der Waals surface area (Å²) in [6, 6.07) is 16.4. The number of methoxy groups -OCH3 is 2. The number of para-hydroxylation sites is 1. The lowest BCUT2D eigenvalue weighted by molar-refractivity contribution is -0.121. The number of hydrogen-bond donors (Lipinski definition) is 2. The van der Waals surface area contributed by atoms with Gasteiger partial charge in [0.2, 0.25) is 5.91 Å². The van der Waals surface area contributed by atoms with E-state index in [1.165, 1.54) is 11.3 Å². The second kappa shape index (κ2) is 9.44. The summed E-state index contributed by atoms with van der Waals surface area (Å²) in [5.74, 6) is 0.352. The molecule has 2 N–H and O–H groups in total. The van der Waals surface area contributed by atoms with Crippen LogP contribution in [0.15, 0.2) is 60.0 Å². The molecule has 8 nitrogen and oxygen atoms in total. The molecule has 32 heavy (non-hydrogen) atoms. The van der Waals surface area contributed by atoms with Crippen molar-refractivity contribution in [1.29, 1.82) is 0 Å². The number of pyridine rings is 1. The fraction of sp³-hybridized carbons (Fsp3) is 0.130. The third kappa shape index (κ3) is 4.68. The van der Waals surface area contributed by atoms with Gasteiger partial charge >= 0.3 is 0 Å². The largest absolute Gasteiger partial charge is 0.493 e. The predicted octanol–water partition coefficient (Wildman–Crippen LogP) is 3.38. The lowest BCUT2D eigenvalue weighted by Gasteiger charge is -2.08. The van der Waals surface area contributed by atoms with Gasteiger partial charge in [0.05, 0.1) is 31.9 Å². The van der Waals surface area contributed by atoms with Gasteiger partial charge in [0.1, 0.15) is 10.7 Å². The van der Waals surface area contributed by atoms with Crippen LogP contribution in [-0.4, -0.2) is 36.0 Å². The highest BCUT2D eigenvalue weighted by Crippen LogP contribution is 2.33. The van der Waals surface area contributed by atoms with Gasteiger partial charge in [0, 0.05) is 16.3 Å². The number of ether oxygens (including phenoxy) is 2. The molecule has 0 spiro atoms. The molecule has 0 unspecified atom stereocenters. The van der Waals surface area contributed by atoms with Gasteiger partial charge in [-0.25, -0.2) is 9.97 Å². The van der Waals surface area contributed by atoms with Crippen LogP contribution in [0.3, 0.4) is 0 Å². The summed E-state index contributed by atoms with van der Waals surface area (Å²) in [6.07, 6.45) is 0.0230. The molecule has 0 aliphatic carbocycles. The molecule has 0 radical (unpaired) electrons. The normalized spacial score (nSPS) is 10.6. The van der Waals surface area contributed by atoms with Crippen LogP contribution in [0.5, 0.6) is 11.5 Å². The highest BCUT2D eigenvalue weighted by Gasteiger charge is 2.13. The highest BCUT2D eigenvalue weighted by molar-refractivity contribution is 7.13. The minimum Gasteiger partial charge on any atom is -0.493 e. The van der Waals surface area contributed by atoms with Crippen LogP contribution < -0.4 is 20.3 Å². The van der Waals surface area contributed by atoms with Crippen molar-refractivity contribution in [1.82, 2.24) is 20.8 Å². The number of benzene rings is 2. The number of nitrogens with zero attached hydrogens (tertiary/aromatic N) is 2. The Morgan fingerprint density at radius 1 is 0.938 bits per heavy atom. The monoisotopic (exact) mass is 448 g/mol. The van der Waals surface area contributed by atoms with Crippen LogP contribution in [-0.2, 0) is 11.2 Å². The third-order valence-corrected chi connectivity index (χ3v) is 5.61. The van der Waals surface area contributed by atoms with Gasteiger partial charge < -0.3 is 9.47 Å². The number of rotatable bonds is 6. The number of fused-ring (bicyclic) bond motifs is 1. The highest BCUT2D eigenvalue weighted by atomic mass is 32.1. The molecule has 0 saturated heterocycles. The van der Waals surface area contributed by atoms with Crippen LogP contribution in [0.2, 0.25) is 0 Å². The number of thiazole rings is 1. The number of carbonyl (C=O) groups is 2. The van der Waals surface area contributed by atoms with Crippen LogP contribution in [0.25, 0.3) is 21.5 Å². The third-order valence-electron chi connectivity index (χ3n) is 4.67. The summed E-state index contributed by atoms with van der Waals surface area (Å²) in [5, 5.41) is 3.48. The maximum Gasteiger partial charge on any atom is 0.288 e. The van der Waals surface area contributed by atoms with Crippen LogP contribution in [0.4, 0.5) is 0 Å². The molecule has 2 heterocycles. The molecule has 0 aliphatic heterocycles. The average molecular weight is 449 g/mol. The van der Waals surface area contributed by atoms with E-state index in [9.17, 15) is 9.59 Å². The summed E-state index contributed by atoms with van der Waals surface area (Å²) in [7, 11) is 3.15. The Labute approximate surface area is 188 Å². The topological polar surface area (TPSA) is 102 Å². The van der Waals surface area contributed by atoms with Gasteiger partial charge in [-0.2, -0.15) is 0 Å². The number of amides is 2. The van der Waals surface area contributed by atoms with Crippen LogP contribution in [0, 0.1) is 0 Å². The standard InChI is InChI=1S/C23H20N4O4S/c1-30-19-10-8-15(11-20(19)31-2)23-24-16(13-32-23)12-21(28)26-27-22(29)18-9-7-14-5-3-4-6-17(14)25-18/h3-11,13H,12H2,1-2H3,(H,26,28)(H,27,29). The minimum absolute atomic E-state index is 0.0230. The lowest BCUT2D eigenvalue weighted by atomic mass is 10.2. The van der Waals surface area contributed by atoms with Gasteiger partial charge in [-0.05, 0) is 30.3 Å². The molecule has 0 aliphatic rings. The summed E-state index contributed by atoms with van der Waals surface area (Å²) in [6.45, 7) is 0. The van der Waals surface area contributed by atoms with E-state index in [0.29, 0.717) is 22.7 Å². The Hall–Kier alpha value is -3.98. The first kappa shape index (κ1) is 21.3. The Morgan fingerprint density at radius 2 is 1.75 bits per heavy atom. The molecule has 2 aromatic heterocycles. The first-order valence-electron chi connectivity index (χ1n) is 9.69. The van der Waals surface area contributed by atoms with E-state index in [1.807, 2.05) is 42.5 Å². The van der Waals surface area contributed by atoms with E-state index in [2.05, 4.69) is 20.8 Å². The van der Waals surface area contributed by atoms with E-state index in [4.69, 9.17) is 9.47 Å². The van der Waals surface area contributed by atoms with Gasteiger partial charge in [-0.3, -0.25) is 20.4 Å². The van der Waals surface area contributed by atoms with Gasteiger partial charge in [0.15, 0.2) is 11.5 Å². The summed E-state index contributed by atoms with van der Waals surface area (Å²) < 4.78 is 10.6. The van der Waals surface area contributed by atoms with Crippen LogP contribution in [0.1, 0.15) is 16.2 Å². The zero-order valence-electron chi connectivity index (χ0n) is 17.4. The second-order valence-corrected chi connectivity index (χ2v) is 7.64. The van der Waals surface area contributed by atoms with Crippen molar-refractivity contribution in [2.24, 2.45) is 0 Å². The van der Waals surface area contributed by atoms with Crippen molar-refractivity contribution in [3.05, 3.63) is 71.4 Å². The molecule has 0 saturated carbocycles. The Kier molecular flexibility index (Phi) is 6.27. The molecular weight excluding hydrogens is 428 g/mol. The van der Waals surface area contributed by atoms with E-state index < -0.39 is 5.91 Å². The first-order valence-corrected chi connectivity index (χ1v) is 10.6. The summed E-state index contributed by atoms with van der Waals surface area (Å²) in [4.78, 5) is 33.4. The average Bonchev–Trinajstić information content (AvgIpc) is 3.30. The molecule has 0 bridgehead atoms. The second-order valence-electron chi connectivity index (χ2n) is 6.78. The number of nitrogens with one attached hydrogen (secondary N) is 2. The minimum atomic E-state index is -0.492.